The number of ketones is 1. The van der Waals surface area contributed by atoms with Crippen molar-refractivity contribution in [2.75, 3.05) is 10.6 Å². The maximum atomic E-state index is 13.3. The van der Waals surface area contributed by atoms with E-state index in [0.717, 1.165) is 16.8 Å². The van der Waals surface area contributed by atoms with Crippen LogP contribution in [0.15, 0.2) is 59.3 Å². The number of aryl methyl sites for hydroxylation is 1. The maximum Gasteiger partial charge on any atom is 0.224 e. The third-order valence-electron chi connectivity index (χ3n) is 5.72. The van der Waals surface area contributed by atoms with Crippen molar-refractivity contribution in [3.05, 3.63) is 65.1 Å². The number of nitrogens with zero attached hydrogens (tertiary/aromatic N) is 2. The average molecular weight is 512 g/mol. The number of amides is 1. The Morgan fingerprint density at radius 1 is 1.12 bits per heavy atom. The summed E-state index contributed by atoms with van der Waals surface area (Å²) in [5.74, 6) is -1.19. The summed E-state index contributed by atoms with van der Waals surface area (Å²) >= 11 is 3.08. The molecule has 0 bridgehead atoms. The second kappa shape index (κ2) is 9.66. The molecule has 170 valence electrons. The molecule has 3 aromatic rings. The zero-order valence-electron chi connectivity index (χ0n) is 17.9. The number of nitrogens with one attached hydrogen (secondary N) is 3. The number of rotatable bonds is 7. The minimum atomic E-state index is -0.414. The molecule has 1 aliphatic carbocycles. The summed E-state index contributed by atoms with van der Waals surface area (Å²) in [5, 5.41) is 17.8. The van der Waals surface area contributed by atoms with Crippen LogP contribution in [0.5, 0.6) is 0 Å². The second-order valence-corrected chi connectivity index (χ2v) is 9.11. The van der Waals surface area contributed by atoms with Crippen LogP contribution in [0.3, 0.4) is 0 Å². The molecule has 3 N–H and O–H groups in total. The molecule has 0 aliphatic heterocycles. The number of carbonyl (C=O) groups is 2. The third kappa shape index (κ3) is 5.54. The van der Waals surface area contributed by atoms with Gasteiger partial charge in [0.05, 0.1) is 10.7 Å². The first-order valence-corrected chi connectivity index (χ1v) is 11.3. The highest BCUT2D eigenvalue weighted by Crippen LogP contribution is 2.37. The van der Waals surface area contributed by atoms with Gasteiger partial charge in [-0.1, -0.05) is 12.1 Å². The van der Waals surface area contributed by atoms with E-state index >= 15 is 0 Å². The number of hydrogen-bond acceptors (Lipinski definition) is 4. The smallest absolute Gasteiger partial charge is 0.224 e. The van der Waals surface area contributed by atoms with E-state index in [9.17, 15) is 14.0 Å². The van der Waals surface area contributed by atoms with E-state index in [1.807, 2.05) is 37.5 Å². The molecule has 1 amide bonds. The van der Waals surface area contributed by atoms with E-state index in [1.165, 1.54) is 18.2 Å². The van der Waals surface area contributed by atoms with Crippen molar-refractivity contribution in [1.82, 2.24) is 9.78 Å². The standard InChI is InChI=1S/C24H23BrFN5O2/c1-31-13-17(12-28-31)15-2-4-18(5-3-15)29-22(32)10-14-8-16(9-14)23(33)24(27)30-19-6-7-21(26)20(25)11-19/h2-7,11-14,16H,8-10H2,1H3,(H2,27,30)(H,29,32). The van der Waals surface area contributed by atoms with Gasteiger partial charge in [-0.25, -0.2) is 4.39 Å². The lowest BCUT2D eigenvalue weighted by Gasteiger charge is -2.33. The van der Waals surface area contributed by atoms with Crippen LogP contribution in [-0.2, 0) is 16.6 Å². The molecule has 1 aliphatic rings. The molecule has 33 heavy (non-hydrogen) atoms. The van der Waals surface area contributed by atoms with Gasteiger partial charge in [-0.15, -0.1) is 0 Å². The van der Waals surface area contributed by atoms with Crippen molar-refractivity contribution in [1.29, 1.82) is 5.41 Å². The first-order chi connectivity index (χ1) is 15.8. The molecule has 7 nitrogen and oxygen atoms in total. The fourth-order valence-electron chi connectivity index (χ4n) is 3.89. The molecule has 0 saturated heterocycles. The molecule has 0 radical (unpaired) electrons. The molecule has 1 saturated carbocycles. The largest absolute Gasteiger partial charge is 0.338 e. The Morgan fingerprint density at radius 3 is 2.45 bits per heavy atom. The first kappa shape index (κ1) is 22.8. The van der Waals surface area contributed by atoms with E-state index in [1.54, 1.807) is 10.9 Å². The van der Waals surface area contributed by atoms with Gasteiger partial charge in [-0.05, 0) is 70.6 Å². The van der Waals surface area contributed by atoms with Crippen molar-refractivity contribution in [3.8, 4) is 11.1 Å². The van der Waals surface area contributed by atoms with E-state index in [2.05, 4.69) is 31.7 Å². The van der Waals surface area contributed by atoms with Gasteiger partial charge in [0.1, 0.15) is 5.82 Å². The minimum absolute atomic E-state index is 0.0932. The summed E-state index contributed by atoms with van der Waals surface area (Å²) in [6, 6.07) is 11.8. The highest BCUT2D eigenvalue weighted by molar-refractivity contribution is 9.10. The fraction of sp³-hybridized carbons (Fsp3) is 0.250. The number of halogens is 2. The molecule has 1 fully saturated rings. The Bertz CT molecular complexity index is 1200. The summed E-state index contributed by atoms with van der Waals surface area (Å²) in [6.07, 6.45) is 5.19. The molecular formula is C24H23BrFN5O2. The molecule has 1 aromatic heterocycles. The van der Waals surface area contributed by atoms with Crippen LogP contribution in [0, 0.1) is 23.1 Å². The van der Waals surface area contributed by atoms with Gasteiger partial charge >= 0.3 is 0 Å². The number of anilines is 2. The highest BCUT2D eigenvalue weighted by atomic mass is 79.9. The van der Waals surface area contributed by atoms with Crippen molar-refractivity contribution >= 4 is 44.8 Å². The van der Waals surface area contributed by atoms with Gasteiger partial charge in [0, 0.05) is 42.5 Å². The van der Waals surface area contributed by atoms with Gasteiger partial charge in [0.25, 0.3) is 0 Å². The van der Waals surface area contributed by atoms with Crippen LogP contribution in [0.1, 0.15) is 19.3 Å². The van der Waals surface area contributed by atoms with E-state index < -0.39 is 5.82 Å². The van der Waals surface area contributed by atoms with Gasteiger partial charge in [0.2, 0.25) is 11.7 Å². The summed E-state index contributed by atoms with van der Waals surface area (Å²) in [6.45, 7) is 0. The number of Topliss-reactive ketones (excluding diaryl/α,β-unsaturated/α-hetero) is 1. The van der Waals surface area contributed by atoms with Gasteiger partial charge in [-0.2, -0.15) is 5.10 Å². The predicted molar refractivity (Wildman–Crippen MR) is 129 cm³/mol. The SMILES string of the molecule is Cn1cc(-c2ccc(NC(=O)CC3CC(C(=O)C(=N)Nc4ccc(F)c(Br)c4)C3)cc2)cn1. The van der Waals surface area contributed by atoms with Crippen LogP contribution in [0.25, 0.3) is 11.1 Å². The van der Waals surface area contributed by atoms with Crippen LogP contribution >= 0.6 is 15.9 Å². The van der Waals surface area contributed by atoms with Gasteiger partial charge in [0.15, 0.2) is 5.84 Å². The van der Waals surface area contributed by atoms with Crippen molar-refractivity contribution in [3.63, 3.8) is 0 Å². The summed E-state index contributed by atoms with van der Waals surface area (Å²) < 4.78 is 15.3. The Morgan fingerprint density at radius 2 is 1.82 bits per heavy atom. The lowest BCUT2D eigenvalue weighted by atomic mass is 9.71. The molecule has 0 atom stereocenters. The average Bonchev–Trinajstić information content (AvgIpc) is 3.19. The number of benzene rings is 2. The molecule has 2 aromatic carbocycles. The Kier molecular flexibility index (Phi) is 6.69. The number of aromatic nitrogens is 2. The van der Waals surface area contributed by atoms with Crippen molar-refractivity contribution < 1.29 is 14.0 Å². The van der Waals surface area contributed by atoms with Gasteiger partial charge in [-0.3, -0.25) is 19.7 Å². The molecule has 0 unspecified atom stereocenters. The van der Waals surface area contributed by atoms with E-state index in [0.29, 0.717) is 24.9 Å². The summed E-state index contributed by atoms with van der Waals surface area (Å²) in [4.78, 5) is 24.9. The fourth-order valence-corrected chi connectivity index (χ4v) is 4.27. The predicted octanol–water partition coefficient (Wildman–Crippen LogP) is 5.00. The Labute approximate surface area is 199 Å². The molecular weight excluding hydrogens is 489 g/mol. The van der Waals surface area contributed by atoms with Crippen LogP contribution < -0.4 is 10.6 Å². The zero-order valence-corrected chi connectivity index (χ0v) is 19.5. The normalized spacial score (nSPS) is 17.2. The Balaban J connectivity index is 1.22. The second-order valence-electron chi connectivity index (χ2n) is 8.26. The van der Waals surface area contributed by atoms with Crippen LogP contribution in [-0.4, -0.2) is 27.3 Å². The van der Waals surface area contributed by atoms with Crippen LogP contribution in [0.2, 0.25) is 0 Å². The maximum absolute atomic E-state index is 13.3. The summed E-state index contributed by atoms with van der Waals surface area (Å²) in [5.41, 5.74) is 3.21. The Hall–Kier alpha value is -3.33. The molecule has 4 rings (SSSR count). The topological polar surface area (TPSA) is 99.9 Å². The highest BCUT2D eigenvalue weighted by Gasteiger charge is 2.37. The molecule has 0 spiro atoms. The van der Waals surface area contributed by atoms with E-state index in [4.69, 9.17) is 5.41 Å². The monoisotopic (exact) mass is 511 g/mol. The number of carbonyl (C=O) groups excluding carboxylic acids is 2. The van der Waals surface area contributed by atoms with Crippen LogP contribution in [0.4, 0.5) is 15.8 Å². The van der Waals surface area contributed by atoms with Crippen molar-refractivity contribution in [2.45, 2.75) is 19.3 Å². The number of amidine groups is 1. The zero-order chi connectivity index (χ0) is 23.5. The first-order valence-electron chi connectivity index (χ1n) is 10.5. The molecule has 1 heterocycles. The minimum Gasteiger partial charge on any atom is -0.338 e. The van der Waals surface area contributed by atoms with Crippen molar-refractivity contribution in [2.24, 2.45) is 18.9 Å². The quantitative estimate of drug-likeness (QED) is 0.306. The van der Waals surface area contributed by atoms with Gasteiger partial charge < -0.3 is 10.6 Å². The third-order valence-corrected chi connectivity index (χ3v) is 6.33. The lowest BCUT2D eigenvalue weighted by Crippen LogP contribution is -2.38. The molecule has 9 heteroatoms. The number of hydrogen-bond donors (Lipinski definition) is 3. The summed E-state index contributed by atoms with van der Waals surface area (Å²) in [7, 11) is 1.86. The van der Waals surface area contributed by atoms with E-state index in [-0.39, 0.29) is 33.8 Å². The lowest BCUT2D eigenvalue weighted by molar-refractivity contribution is -0.123.